The van der Waals surface area contributed by atoms with Crippen LogP contribution in [0, 0.1) is 5.92 Å². The molecule has 1 N–H and O–H groups in total. The van der Waals surface area contributed by atoms with Crippen LogP contribution in [0.25, 0.3) is 11.3 Å². The fourth-order valence-corrected chi connectivity index (χ4v) is 3.46. The van der Waals surface area contributed by atoms with E-state index in [1.54, 1.807) is 59.8 Å². The monoisotopic (exact) mass is 421 g/mol. The van der Waals surface area contributed by atoms with Gasteiger partial charge in [-0.05, 0) is 36.2 Å². The Labute approximate surface area is 179 Å². The number of hydrogen-bond acceptors (Lipinski definition) is 4. The second-order valence-corrected chi connectivity index (χ2v) is 7.75. The van der Waals surface area contributed by atoms with Gasteiger partial charge in [0.15, 0.2) is 0 Å². The molecule has 0 spiro atoms. The van der Waals surface area contributed by atoms with Gasteiger partial charge >= 0.3 is 0 Å². The van der Waals surface area contributed by atoms with Crippen molar-refractivity contribution < 1.29 is 9.59 Å². The number of hydrogen-bond donors (Lipinski definition) is 1. The molecule has 2 heterocycles. The van der Waals surface area contributed by atoms with E-state index in [0.717, 1.165) is 5.69 Å². The Hall–Kier alpha value is -3.45. The molecule has 0 saturated heterocycles. The first-order valence-corrected chi connectivity index (χ1v) is 9.91. The van der Waals surface area contributed by atoms with E-state index in [9.17, 15) is 9.59 Å². The van der Waals surface area contributed by atoms with E-state index in [0.29, 0.717) is 16.3 Å². The van der Waals surface area contributed by atoms with E-state index in [4.69, 9.17) is 11.6 Å². The Morgan fingerprint density at radius 2 is 1.90 bits per heavy atom. The Morgan fingerprint density at radius 3 is 2.60 bits per heavy atom. The summed E-state index contributed by atoms with van der Waals surface area (Å²) in [6, 6.07) is 16.1. The number of nitrogens with zero attached hydrogens (tertiary/aromatic N) is 4. The minimum atomic E-state index is -0.461. The molecule has 0 saturated carbocycles. The molecule has 0 fully saturated rings. The van der Waals surface area contributed by atoms with Crippen molar-refractivity contribution in [1.29, 1.82) is 0 Å². The molecule has 2 amide bonds. The summed E-state index contributed by atoms with van der Waals surface area (Å²) in [6.45, 7) is 3.90. The van der Waals surface area contributed by atoms with Gasteiger partial charge in [-0.15, -0.1) is 5.10 Å². The van der Waals surface area contributed by atoms with Gasteiger partial charge in [-0.3, -0.25) is 14.5 Å². The zero-order chi connectivity index (χ0) is 21.3. The SMILES string of the molecule is CC(C)[C@H]1NC(=O)C(c2cn(-c3cccc(Cl)c3)nn2)=CN1C(=O)c1ccccc1. The predicted molar refractivity (Wildman–Crippen MR) is 114 cm³/mol. The summed E-state index contributed by atoms with van der Waals surface area (Å²) in [7, 11) is 0. The van der Waals surface area contributed by atoms with Gasteiger partial charge in [0.05, 0.1) is 17.5 Å². The van der Waals surface area contributed by atoms with Crippen LogP contribution in [-0.2, 0) is 4.79 Å². The molecule has 0 radical (unpaired) electrons. The smallest absolute Gasteiger partial charge is 0.259 e. The van der Waals surface area contributed by atoms with Crippen LogP contribution < -0.4 is 5.32 Å². The zero-order valence-electron chi connectivity index (χ0n) is 16.5. The van der Waals surface area contributed by atoms with Crippen LogP contribution in [-0.4, -0.2) is 37.9 Å². The summed E-state index contributed by atoms with van der Waals surface area (Å²) < 4.78 is 1.53. The van der Waals surface area contributed by atoms with Gasteiger partial charge < -0.3 is 5.32 Å². The van der Waals surface area contributed by atoms with Crippen molar-refractivity contribution in [3.05, 3.63) is 83.3 Å². The van der Waals surface area contributed by atoms with Crippen LogP contribution in [0.4, 0.5) is 0 Å². The summed E-state index contributed by atoms with van der Waals surface area (Å²) in [5.74, 6) is -0.487. The molecule has 30 heavy (non-hydrogen) atoms. The van der Waals surface area contributed by atoms with Crippen molar-refractivity contribution in [2.75, 3.05) is 0 Å². The quantitative estimate of drug-likeness (QED) is 0.699. The van der Waals surface area contributed by atoms with Gasteiger partial charge in [-0.2, -0.15) is 0 Å². The number of aromatic nitrogens is 3. The predicted octanol–water partition coefficient (Wildman–Crippen LogP) is 3.52. The van der Waals surface area contributed by atoms with E-state index in [1.165, 1.54) is 4.68 Å². The lowest BCUT2D eigenvalue weighted by Gasteiger charge is -2.36. The molecule has 7 nitrogen and oxygen atoms in total. The molecule has 1 aliphatic rings. The first kappa shape index (κ1) is 19.8. The summed E-state index contributed by atoms with van der Waals surface area (Å²) in [5, 5.41) is 11.7. The number of rotatable bonds is 4. The molecule has 4 rings (SSSR count). The van der Waals surface area contributed by atoms with E-state index in [2.05, 4.69) is 15.6 Å². The molecular formula is C22H20ClN5O2. The minimum Gasteiger partial charge on any atom is -0.331 e. The average molecular weight is 422 g/mol. The number of carbonyl (C=O) groups is 2. The Balaban J connectivity index is 1.72. The third-order valence-corrected chi connectivity index (χ3v) is 5.06. The molecule has 0 aliphatic carbocycles. The van der Waals surface area contributed by atoms with Gasteiger partial charge in [-0.25, -0.2) is 4.68 Å². The molecule has 2 aromatic carbocycles. The maximum atomic E-state index is 13.1. The standard InChI is InChI=1S/C22H20ClN5O2/c1-14(2)20-24-21(29)18(12-27(20)22(30)15-7-4-3-5-8-15)19-13-28(26-25-19)17-10-6-9-16(23)11-17/h3-14,20H,1-2H3,(H,24,29)/t20-/m0/s1. The van der Waals surface area contributed by atoms with E-state index in [1.807, 2.05) is 26.0 Å². The molecule has 1 aliphatic heterocycles. The molecule has 0 unspecified atom stereocenters. The molecule has 152 valence electrons. The fraction of sp³-hybridized carbons (Fsp3) is 0.182. The molecule has 3 aromatic rings. The molecule has 1 aromatic heterocycles. The van der Waals surface area contributed by atoms with Crippen LogP contribution in [0.1, 0.15) is 29.9 Å². The maximum absolute atomic E-state index is 13.1. The topological polar surface area (TPSA) is 80.1 Å². The van der Waals surface area contributed by atoms with Crippen molar-refractivity contribution in [1.82, 2.24) is 25.2 Å². The molecule has 0 bridgehead atoms. The Kier molecular flexibility index (Phi) is 5.37. The third-order valence-electron chi connectivity index (χ3n) is 4.82. The van der Waals surface area contributed by atoms with Gasteiger partial charge in [0, 0.05) is 16.8 Å². The largest absolute Gasteiger partial charge is 0.331 e. The lowest BCUT2D eigenvalue weighted by atomic mass is 10.0. The average Bonchev–Trinajstić information content (AvgIpc) is 3.23. The van der Waals surface area contributed by atoms with Crippen molar-refractivity contribution in [3.63, 3.8) is 0 Å². The van der Waals surface area contributed by atoms with E-state index < -0.39 is 6.17 Å². The highest BCUT2D eigenvalue weighted by molar-refractivity contribution is 6.30. The van der Waals surface area contributed by atoms with Gasteiger partial charge in [0.2, 0.25) is 0 Å². The number of halogens is 1. The van der Waals surface area contributed by atoms with Crippen LogP contribution in [0.2, 0.25) is 5.02 Å². The van der Waals surface area contributed by atoms with Crippen molar-refractivity contribution >= 4 is 29.0 Å². The molecule has 8 heteroatoms. The zero-order valence-corrected chi connectivity index (χ0v) is 17.2. The summed E-state index contributed by atoms with van der Waals surface area (Å²) in [6.07, 6.45) is 2.74. The van der Waals surface area contributed by atoms with Crippen LogP contribution in [0.3, 0.4) is 0 Å². The summed E-state index contributed by atoms with van der Waals surface area (Å²) in [5.41, 5.74) is 1.89. The first-order chi connectivity index (χ1) is 14.4. The van der Waals surface area contributed by atoms with Gasteiger partial charge in [0.25, 0.3) is 11.8 Å². The molecule has 1 atom stereocenters. The Bertz CT molecular complexity index is 1120. The van der Waals surface area contributed by atoms with Crippen molar-refractivity contribution in [3.8, 4) is 5.69 Å². The van der Waals surface area contributed by atoms with Crippen LogP contribution in [0.15, 0.2) is 67.0 Å². The summed E-state index contributed by atoms with van der Waals surface area (Å²) >= 11 is 6.05. The molecular weight excluding hydrogens is 402 g/mol. The first-order valence-electron chi connectivity index (χ1n) is 9.53. The highest BCUT2D eigenvalue weighted by Crippen LogP contribution is 2.24. The lowest BCUT2D eigenvalue weighted by Crippen LogP contribution is -2.54. The second-order valence-electron chi connectivity index (χ2n) is 7.31. The normalized spacial score (nSPS) is 16.4. The lowest BCUT2D eigenvalue weighted by molar-refractivity contribution is -0.118. The maximum Gasteiger partial charge on any atom is 0.259 e. The van der Waals surface area contributed by atoms with E-state index >= 15 is 0 Å². The Morgan fingerprint density at radius 1 is 1.13 bits per heavy atom. The second kappa shape index (κ2) is 8.12. The fourth-order valence-electron chi connectivity index (χ4n) is 3.28. The minimum absolute atomic E-state index is 0.0153. The third kappa shape index (κ3) is 3.84. The van der Waals surface area contributed by atoms with Crippen LogP contribution >= 0.6 is 11.6 Å². The van der Waals surface area contributed by atoms with Crippen molar-refractivity contribution in [2.45, 2.75) is 20.0 Å². The summed E-state index contributed by atoms with van der Waals surface area (Å²) in [4.78, 5) is 27.5. The number of benzene rings is 2. The number of carbonyl (C=O) groups excluding carboxylic acids is 2. The highest BCUT2D eigenvalue weighted by atomic mass is 35.5. The highest BCUT2D eigenvalue weighted by Gasteiger charge is 2.34. The van der Waals surface area contributed by atoms with Gasteiger partial charge in [-0.1, -0.05) is 54.9 Å². The van der Waals surface area contributed by atoms with E-state index in [-0.39, 0.29) is 23.3 Å². The number of amides is 2. The number of nitrogens with one attached hydrogen (secondary N) is 1. The van der Waals surface area contributed by atoms with Crippen molar-refractivity contribution in [2.24, 2.45) is 5.92 Å². The van der Waals surface area contributed by atoms with Crippen LogP contribution in [0.5, 0.6) is 0 Å². The van der Waals surface area contributed by atoms with Gasteiger partial charge in [0.1, 0.15) is 11.9 Å².